The molecular formula is C12H22N2O4. The molecule has 0 aromatic rings. The van der Waals surface area contributed by atoms with Crippen molar-refractivity contribution >= 4 is 12.0 Å². The molecule has 1 N–H and O–H groups in total. The van der Waals surface area contributed by atoms with Crippen LogP contribution in [0.15, 0.2) is 0 Å². The lowest BCUT2D eigenvalue weighted by molar-refractivity contribution is -0.125. The van der Waals surface area contributed by atoms with Crippen LogP contribution in [0, 0.1) is 0 Å². The van der Waals surface area contributed by atoms with E-state index in [1.165, 1.54) is 7.11 Å². The molecule has 0 radical (unpaired) electrons. The molecule has 1 aliphatic heterocycles. The van der Waals surface area contributed by atoms with Gasteiger partial charge in [-0.15, -0.1) is 0 Å². The highest BCUT2D eigenvalue weighted by atomic mass is 16.6. The molecular weight excluding hydrogens is 236 g/mol. The Labute approximate surface area is 108 Å². The van der Waals surface area contributed by atoms with E-state index < -0.39 is 5.60 Å². The summed E-state index contributed by atoms with van der Waals surface area (Å²) in [5.74, 6) is -0.159. The van der Waals surface area contributed by atoms with E-state index in [0.717, 1.165) is 6.42 Å². The van der Waals surface area contributed by atoms with Crippen LogP contribution in [0.4, 0.5) is 4.79 Å². The fraction of sp³-hybridized carbons (Fsp3) is 0.833. The predicted octanol–water partition coefficient (Wildman–Crippen LogP) is 0.758. The zero-order chi connectivity index (χ0) is 13.8. The summed E-state index contributed by atoms with van der Waals surface area (Å²) >= 11 is 0. The molecule has 0 saturated carbocycles. The summed E-state index contributed by atoms with van der Waals surface area (Å²) in [6, 6.07) is -0.0137. The number of ether oxygens (including phenoxy) is 2. The first-order chi connectivity index (χ1) is 8.31. The third-order valence-corrected chi connectivity index (χ3v) is 2.48. The Morgan fingerprint density at radius 2 is 2.06 bits per heavy atom. The number of carbonyl (C=O) groups excluding carboxylic acids is 2. The number of hydrogen-bond acceptors (Lipinski definition) is 4. The second kappa shape index (κ2) is 6.04. The largest absolute Gasteiger partial charge is 0.444 e. The van der Waals surface area contributed by atoms with Gasteiger partial charge in [-0.3, -0.25) is 4.79 Å². The molecule has 1 rings (SSSR count). The Morgan fingerprint density at radius 1 is 1.39 bits per heavy atom. The van der Waals surface area contributed by atoms with Gasteiger partial charge in [0.2, 0.25) is 5.91 Å². The third-order valence-electron chi connectivity index (χ3n) is 2.48. The lowest BCUT2D eigenvalue weighted by Crippen LogP contribution is -2.41. The second-order valence-electron chi connectivity index (χ2n) is 5.41. The average molecular weight is 258 g/mol. The average Bonchev–Trinajstić information content (AvgIpc) is 2.63. The van der Waals surface area contributed by atoms with Crippen molar-refractivity contribution in [1.82, 2.24) is 10.2 Å². The van der Waals surface area contributed by atoms with E-state index in [-0.39, 0.29) is 24.6 Å². The van der Waals surface area contributed by atoms with Gasteiger partial charge in [0.15, 0.2) is 0 Å². The number of rotatable bonds is 3. The van der Waals surface area contributed by atoms with Crippen molar-refractivity contribution in [3.8, 4) is 0 Å². The first-order valence-electron chi connectivity index (χ1n) is 6.08. The summed E-state index contributed by atoms with van der Waals surface area (Å²) in [7, 11) is 1.47. The maximum Gasteiger partial charge on any atom is 0.410 e. The van der Waals surface area contributed by atoms with Gasteiger partial charge >= 0.3 is 6.09 Å². The number of nitrogens with zero attached hydrogens (tertiary/aromatic N) is 1. The predicted molar refractivity (Wildman–Crippen MR) is 66.2 cm³/mol. The molecule has 18 heavy (non-hydrogen) atoms. The quantitative estimate of drug-likeness (QED) is 0.811. The second-order valence-corrected chi connectivity index (χ2v) is 5.41. The molecule has 0 aromatic heterocycles. The first-order valence-corrected chi connectivity index (χ1v) is 6.08. The van der Waals surface area contributed by atoms with Crippen LogP contribution in [0.3, 0.4) is 0 Å². The maximum absolute atomic E-state index is 11.8. The molecule has 1 atom stereocenters. The summed E-state index contributed by atoms with van der Waals surface area (Å²) in [4.78, 5) is 24.7. The first kappa shape index (κ1) is 14.8. The monoisotopic (exact) mass is 258 g/mol. The van der Waals surface area contributed by atoms with Gasteiger partial charge in [-0.2, -0.15) is 0 Å². The van der Waals surface area contributed by atoms with Crippen molar-refractivity contribution in [2.24, 2.45) is 0 Å². The fourth-order valence-electron chi connectivity index (χ4n) is 1.77. The topological polar surface area (TPSA) is 67.9 Å². The van der Waals surface area contributed by atoms with Crippen molar-refractivity contribution in [3.05, 3.63) is 0 Å². The van der Waals surface area contributed by atoms with E-state index in [0.29, 0.717) is 13.1 Å². The van der Waals surface area contributed by atoms with Crippen LogP contribution < -0.4 is 5.32 Å². The van der Waals surface area contributed by atoms with Crippen LogP contribution >= 0.6 is 0 Å². The minimum atomic E-state index is -0.492. The van der Waals surface area contributed by atoms with E-state index in [1.807, 2.05) is 20.8 Å². The fourth-order valence-corrected chi connectivity index (χ4v) is 1.77. The van der Waals surface area contributed by atoms with Gasteiger partial charge in [0.1, 0.15) is 12.2 Å². The summed E-state index contributed by atoms with van der Waals surface area (Å²) in [5, 5.41) is 2.81. The SMILES string of the molecule is COCC(=O)N[C@H]1CCN(C(=O)OC(C)(C)C)C1. The number of amides is 2. The maximum atomic E-state index is 11.8. The van der Waals surface area contributed by atoms with E-state index in [2.05, 4.69) is 5.32 Å². The smallest absolute Gasteiger partial charge is 0.410 e. The summed E-state index contributed by atoms with van der Waals surface area (Å²) in [6.07, 6.45) is 0.417. The highest BCUT2D eigenvalue weighted by Crippen LogP contribution is 2.15. The zero-order valence-corrected chi connectivity index (χ0v) is 11.5. The molecule has 0 spiro atoms. The highest BCUT2D eigenvalue weighted by Gasteiger charge is 2.30. The number of methoxy groups -OCH3 is 1. The molecule has 1 aliphatic rings. The minimum absolute atomic E-state index is 0.0137. The Balaban J connectivity index is 2.37. The number of carbonyl (C=O) groups is 2. The molecule has 1 fully saturated rings. The zero-order valence-electron chi connectivity index (χ0n) is 11.5. The van der Waals surface area contributed by atoms with Gasteiger partial charge in [-0.1, -0.05) is 0 Å². The molecule has 104 valence electrons. The van der Waals surface area contributed by atoms with E-state index in [9.17, 15) is 9.59 Å². The lowest BCUT2D eigenvalue weighted by atomic mass is 10.2. The van der Waals surface area contributed by atoms with E-state index in [4.69, 9.17) is 9.47 Å². The number of likely N-dealkylation sites (tertiary alicyclic amines) is 1. The molecule has 0 aromatic carbocycles. The van der Waals surface area contributed by atoms with Gasteiger partial charge in [0, 0.05) is 26.2 Å². The molecule has 6 heteroatoms. The van der Waals surface area contributed by atoms with Gasteiger partial charge in [-0.25, -0.2) is 4.79 Å². The van der Waals surface area contributed by atoms with Gasteiger partial charge in [0.25, 0.3) is 0 Å². The minimum Gasteiger partial charge on any atom is -0.444 e. The normalized spacial score (nSPS) is 19.8. The van der Waals surface area contributed by atoms with Crippen LogP contribution in [-0.4, -0.2) is 55.3 Å². The van der Waals surface area contributed by atoms with Crippen LogP contribution in [0.25, 0.3) is 0 Å². The van der Waals surface area contributed by atoms with Crippen molar-refractivity contribution < 1.29 is 19.1 Å². The van der Waals surface area contributed by atoms with Crippen LogP contribution in [0.1, 0.15) is 27.2 Å². The van der Waals surface area contributed by atoms with E-state index in [1.54, 1.807) is 4.90 Å². The summed E-state index contributed by atoms with van der Waals surface area (Å²) < 4.78 is 10.0. The number of nitrogens with one attached hydrogen (secondary N) is 1. The summed E-state index contributed by atoms with van der Waals surface area (Å²) in [5.41, 5.74) is -0.492. The molecule has 2 amide bonds. The molecule has 1 heterocycles. The molecule has 1 saturated heterocycles. The standard InChI is InChI=1S/C12H22N2O4/c1-12(2,3)18-11(16)14-6-5-9(7-14)13-10(15)8-17-4/h9H,5-8H2,1-4H3,(H,13,15)/t9-/m0/s1. The van der Waals surface area contributed by atoms with E-state index >= 15 is 0 Å². The third kappa shape index (κ3) is 4.91. The van der Waals surface area contributed by atoms with Gasteiger partial charge in [-0.05, 0) is 27.2 Å². The molecule has 0 bridgehead atoms. The van der Waals surface area contributed by atoms with Gasteiger partial charge in [0.05, 0.1) is 0 Å². The van der Waals surface area contributed by atoms with Crippen molar-refractivity contribution in [2.75, 3.05) is 26.8 Å². The Bertz CT molecular complexity index is 312. The number of hydrogen-bond donors (Lipinski definition) is 1. The Morgan fingerprint density at radius 3 is 2.61 bits per heavy atom. The molecule has 0 aliphatic carbocycles. The van der Waals surface area contributed by atoms with Crippen molar-refractivity contribution in [2.45, 2.75) is 38.8 Å². The van der Waals surface area contributed by atoms with Crippen LogP contribution in [-0.2, 0) is 14.3 Å². The Kier molecular flexibility index (Phi) is 4.95. The molecule has 6 nitrogen and oxygen atoms in total. The highest BCUT2D eigenvalue weighted by molar-refractivity contribution is 5.77. The van der Waals surface area contributed by atoms with Crippen molar-refractivity contribution in [3.63, 3.8) is 0 Å². The van der Waals surface area contributed by atoms with Crippen LogP contribution in [0.5, 0.6) is 0 Å². The Hall–Kier alpha value is -1.30. The van der Waals surface area contributed by atoms with Crippen LogP contribution in [0.2, 0.25) is 0 Å². The summed E-state index contributed by atoms with van der Waals surface area (Å²) in [6.45, 7) is 6.64. The van der Waals surface area contributed by atoms with Crippen molar-refractivity contribution in [1.29, 1.82) is 0 Å². The molecule has 0 unspecified atom stereocenters. The lowest BCUT2D eigenvalue weighted by Gasteiger charge is -2.24. The van der Waals surface area contributed by atoms with Gasteiger partial charge < -0.3 is 19.7 Å².